The summed E-state index contributed by atoms with van der Waals surface area (Å²) < 4.78 is 33.3. The Morgan fingerprint density at radius 3 is 2.33 bits per heavy atom. The van der Waals surface area contributed by atoms with Crippen molar-refractivity contribution in [3.05, 3.63) is 53.6 Å². The zero-order valence-electron chi connectivity index (χ0n) is 16.2. The first kappa shape index (κ1) is 20.9. The average molecular weight is 391 g/mol. The lowest BCUT2D eigenvalue weighted by atomic mass is 10.0. The van der Waals surface area contributed by atoms with E-state index in [1.807, 2.05) is 39.0 Å². The Bertz CT molecular complexity index is 923. The molecular formula is C20H26N2O4S. The van der Waals surface area contributed by atoms with Gasteiger partial charge < -0.3 is 10.1 Å². The van der Waals surface area contributed by atoms with Crippen molar-refractivity contribution in [1.82, 2.24) is 4.72 Å². The largest absolute Gasteiger partial charge is 0.495 e. The maximum Gasteiger partial charge on any atom is 0.244 e. The van der Waals surface area contributed by atoms with Crippen LogP contribution in [0.1, 0.15) is 37.8 Å². The van der Waals surface area contributed by atoms with Crippen molar-refractivity contribution < 1.29 is 17.9 Å². The molecule has 1 amide bonds. The number of rotatable bonds is 7. The highest BCUT2D eigenvalue weighted by atomic mass is 32.2. The third-order valence-electron chi connectivity index (χ3n) is 4.27. The van der Waals surface area contributed by atoms with Crippen molar-refractivity contribution in [3.63, 3.8) is 0 Å². The average Bonchev–Trinajstić information content (AvgIpc) is 2.62. The molecule has 146 valence electrons. The third kappa shape index (κ3) is 5.08. The molecule has 0 radical (unpaired) electrons. The molecule has 0 spiro atoms. The quantitative estimate of drug-likeness (QED) is 0.758. The molecule has 2 aromatic carbocycles. The van der Waals surface area contributed by atoms with Gasteiger partial charge in [-0.2, -0.15) is 4.72 Å². The number of carbonyl (C=O) groups excluding carboxylic acids is 1. The van der Waals surface area contributed by atoms with E-state index in [0.29, 0.717) is 5.69 Å². The van der Waals surface area contributed by atoms with Crippen molar-refractivity contribution in [1.29, 1.82) is 0 Å². The Balaban J connectivity index is 2.23. The van der Waals surface area contributed by atoms with E-state index in [1.165, 1.54) is 14.0 Å². The van der Waals surface area contributed by atoms with E-state index >= 15 is 0 Å². The summed E-state index contributed by atoms with van der Waals surface area (Å²) >= 11 is 0. The van der Waals surface area contributed by atoms with Crippen LogP contribution in [0.25, 0.3) is 0 Å². The van der Waals surface area contributed by atoms with Gasteiger partial charge in [-0.15, -0.1) is 0 Å². The van der Waals surface area contributed by atoms with Crippen LogP contribution in [0.3, 0.4) is 0 Å². The first-order valence-corrected chi connectivity index (χ1v) is 10.2. The summed E-state index contributed by atoms with van der Waals surface area (Å²) in [6, 6.07) is 11.4. The summed E-state index contributed by atoms with van der Waals surface area (Å²) in [5, 5.41) is 2.75. The Morgan fingerprint density at radius 1 is 1.07 bits per heavy atom. The smallest absolute Gasteiger partial charge is 0.244 e. The van der Waals surface area contributed by atoms with Crippen molar-refractivity contribution in [3.8, 4) is 5.75 Å². The number of aryl methyl sites for hydroxylation is 1. The molecule has 0 aromatic heterocycles. The SMILES string of the molecule is COc1ccc(C(C)C)cc1S(=O)(=O)NC(C)C(=O)Nc1ccccc1C. The molecule has 1 atom stereocenters. The molecule has 0 heterocycles. The van der Waals surface area contributed by atoms with Crippen LogP contribution < -0.4 is 14.8 Å². The number of anilines is 1. The Kier molecular flexibility index (Phi) is 6.62. The second kappa shape index (κ2) is 8.54. The number of hydrogen-bond donors (Lipinski definition) is 2. The normalized spacial score (nSPS) is 12.7. The van der Waals surface area contributed by atoms with E-state index in [9.17, 15) is 13.2 Å². The number of carbonyl (C=O) groups is 1. The van der Waals surface area contributed by atoms with E-state index in [2.05, 4.69) is 10.0 Å². The standard InChI is InChI=1S/C20H26N2O4S/c1-13(2)16-10-11-18(26-5)19(12-16)27(24,25)22-15(4)20(23)21-17-9-7-6-8-14(17)3/h6-13,15,22H,1-5H3,(H,21,23). The van der Waals surface area contributed by atoms with Gasteiger partial charge in [-0.05, 0) is 49.1 Å². The number of benzene rings is 2. The molecule has 2 rings (SSSR count). The number of para-hydroxylation sites is 1. The molecule has 2 N–H and O–H groups in total. The van der Waals surface area contributed by atoms with Gasteiger partial charge in [0.1, 0.15) is 10.6 Å². The highest BCUT2D eigenvalue weighted by Crippen LogP contribution is 2.28. The summed E-state index contributed by atoms with van der Waals surface area (Å²) in [5.41, 5.74) is 2.41. The molecule has 0 aliphatic rings. The van der Waals surface area contributed by atoms with Crippen LogP contribution in [-0.2, 0) is 14.8 Å². The molecule has 0 fully saturated rings. The fourth-order valence-electron chi connectivity index (χ4n) is 2.57. The maximum atomic E-state index is 12.8. The molecule has 6 nitrogen and oxygen atoms in total. The Hall–Kier alpha value is -2.38. The minimum Gasteiger partial charge on any atom is -0.495 e. The first-order chi connectivity index (χ1) is 12.7. The summed E-state index contributed by atoms with van der Waals surface area (Å²) in [4.78, 5) is 12.5. The third-order valence-corrected chi connectivity index (χ3v) is 5.83. The molecule has 0 aliphatic heterocycles. The zero-order valence-corrected chi connectivity index (χ0v) is 17.1. The Labute approximate surface area is 161 Å². The summed E-state index contributed by atoms with van der Waals surface area (Å²) in [7, 11) is -2.53. The van der Waals surface area contributed by atoms with E-state index in [0.717, 1.165) is 11.1 Å². The number of sulfonamides is 1. The topological polar surface area (TPSA) is 84.5 Å². The highest BCUT2D eigenvalue weighted by molar-refractivity contribution is 7.89. The van der Waals surface area contributed by atoms with Crippen molar-refractivity contribution in [2.45, 2.75) is 44.6 Å². The number of hydrogen-bond acceptors (Lipinski definition) is 4. The minimum atomic E-state index is -3.94. The van der Waals surface area contributed by atoms with E-state index in [4.69, 9.17) is 4.74 Å². The van der Waals surface area contributed by atoms with Gasteiger partial charge in [0.15, 0.2) is 0 Å². The second-order valence-corrected chi connectivity index (χ2v) is 8.39. The highest BCUT2D eigenvalue weighted by Gasteiger charge is 2.26. The molecule has 0 bridgehead atoms. The summed E-state index contributed by atoms with van der Waals surface area (Å²) in [6.45, 7) is 7.32. The molecular weight excluding hydrogens is 364 g/mol. The second-order valence-electron chi connectivity index (χ2n) is 6.71. The molecule has 0 saturated heterocycles. The maximum absolute atomic E-state index is 12.8. The zero-order chi connectivity index (χ0) is 20.2. The van der Waals surface area contributed by atoms with Gasteiger partial charge in [0.2, 0.25) is 15.9 Å². The van der Waals surface area contributed by atoms with E-state index < -0.39 is 22.0 Å². The van der Waals surface area contributed by atoms with Crippen LogP contribution in [0.4, 0.5) is 5.69 Å². The van der Waals surface area contributed by atoms with Crippen molar-refractivity contribution in [2.24, 2.45) is 0 Å². The molecule has 0 saturated carbocycles. The number of methoxy groups -OCH3 is 1. The number of ether oxygens (including phenoxy) is 1. The molecule has 2 aromatic rings. The van der Waals surface area contributed by atoms with Crippen molar-refractivity contribution in [2.75, 3.05) is 12.4 Å². The lowest BCUT2D eigenvalue weighted by Crippen LogP contribution is -2.41. The molecule has 7 heteroatoms. The minimum absolute atomic E-state index is 0.0201. The van der Waals surface area contributed by atoms with Gasteiger partial charge in [0.25, 0.3) is 0 Å². The van der Waals surface area contributed by atoms with Gasteiger partial charge in [0.05, 0.1) is 13.2 Å². The van der Waals surface area contributed by atoms with Crippen LogP contribution >= 0.6 is 0 Å². The summed E-state index contributed by atoms with van der Waals surface area (Å²) in [6.07, 6.45) is 0. The molecule has 1 unspecified atom stereocenters. The van der Waals surface area contributed by atoms with Crippen LogP contribution in [-0.4, -0.2) is 27.5 Å². The lowest BCUT2D eigenvalue weighted by molar-refractivity contribution is -0.117. The van der Waals surface area contributed by atoms with E-state index in [1.54, 1.807) is 24.3 Å². The fourth-order valence-corrected chi connectivity index (χ4v) is 3.97. The lowest BCUT2D eigenvalue weighted by Gasteiger charge is -2.18. The van der Waals surface area contributed by atoms with E-state index in [-0.39, 0.29) is 16.6 Å². The van der Waals surface area contributed by atoms with Crippen LogP contribution in [0, 0.1) is 6.92 Å². The van der Waals surface area contributed by atoms with Gasteiger partial charge in [-0.3, -0.25) is 4.79 Å². The number of nitrogens with one attached hydrogen (secondary N) is 2. The van der Waals surface area contributed by atoms with Crippen LogP contribution in [0.2, 0.25) is 0 Å². The van der Waals surface area contributed by atoms with Gasteiger partial charge in [-0.1, -0.05) is 38.1 Å². The molecule has 27 heavy (non-hydrogen) atoms. The first-order valence-electron chi connectivity index (χ1n) is 8.72. The predicted molar refractivity (Wildman–Crippen MR) is 107 cm³/mol. The monoisotopic (exact) mass is 390 g/mol. The fraction of sp³-hybridized carbons (Fsp3) is 0.350. The van der Waals surface area contributed by atoms with Gasteiger partial charge in [0, 0.05) is 5.69 Å². The van der Waals surface area contributed by atoms with Crippen LogP contribution in [0.15, 0.2) is 47.4 Å². The predicted octanol–water partition coefficient (Wildman–Crippen LogP) is 3.43. The summed E-state index contributed by atoms with van der Waals surface area (Å²) in [5.74, 6) is -0.0445. The van der Waals surface area contributed by atoms with Gasteiger partial charge in [-0.25, -0.2) is 8.42 Å². The van der Waals surface area contributed by atoms with Gasteiger partial charge >= 0.3 is 0 Å². The number of amides is 1. The Morgan fingerprint density at radius 2 is 1.74 bits per heavy atom. The molecule has 0 aliphatic carbocycles. The van der Waals surface area contributed by atoms with Crippen molar-refractivity contribution >= 4 is 21.6 Å². The van der Waals surface area contributed by atoms with Crippen LogP contribution in [0.5, 0.6) is 5.75 Å².